The van der Waals surface area contributed by atoms with E-state index in [4.69, 9.17) is 11.6 Å². The first kappa shape index (κ1) is 11.3. The molecule has 1 N–H and O–H groups in total. The Morgan fingerprint density at radius 3 is 2.73 bits per heavy atom. The third-order valence-corrected chi connectivity index (χ3v) is 4.30. The van der Waals surface area contributed by atoms with Gasteiger partial charge in [0.2, 0.25) is 0 Å². The zero-order valence-corrected chi connectivity index (χ0v) is 10.4. The van der Waals surface area contributed by atoms with E-state index in [1.54, 1.807) is 0 Å². The van der Waals surface area contributed by atoms with E-state index < -0.39 is 0 Å². The van der Waals surface area contributed by atoms with Crippen LogP contribution in [0.15, 0.2) is 24.3 Å². The van der Waals surface area contributed by atoms with Crippen LogP contribution in [0.4, 0.5) is 0 Å². The lowest BCUT2D eigenvalue weighted by atomic mass is 10.1. The molecule has 2 atom stereocenters. The molecule has 1 aromatic carbocycles. The van der Waals surface area contributed by atoms with Crippen LogP contribution in [0.1, 0.15) is 18.5 Å². The summed E-state index contributed by atoms with van der Waals surface area (Å²) in [7, 11) is 0. The van der Waals surface area contributed by atoms with E-state index in [2.05, 4.69) is 24.4 Å². The molecule has 1 fully saturated rings. The second-order valence-electron chi connectivity index (χ2n) is 4.16. The van der Waals surface area contributed by atoms with Crippen LogP contribution >= 0.6 is 23.4 Å². The van der Waals surface area contributed by atoms with Gasteiger partial charge in [-0.25, -0.2) is 0 Å². The smallest absolute Gasteiger partial charge is 0.0411 e. The maximum atomic E-state index is 5.88. The molecule has 0 aliphatic carbocycles. The molecule has 0 aromatic heterocycles. The molecule has 1 aliphatic heterocycles. The highest BCUT2D eigenvalue weighted by Crippen LogP contribution is 2.24. The minimum Gasteiger partial charge on any atom is -0.309 e. The van der Waals surface area contributed by atoms with Gasteiger partial charge in [0.1, 0.15) is 0 Å². The molecule has 3 heteroatoms. The first-order chi connectivity index (χ1) is 7.25. The van der Waals surface area contributed by atoms with Crippen molar-refractivity contribution >= 4 is 23.4 Å². The Bertz CT molecular complexity index is 312. The largest absolute Gasteiger partial charge is 0.309 e. The van der Waals surface area contributed by atoms with Gasteiger partial charge in [-0.05, 0) is 35.9 Å². The van der Waals surface area contributed by atoms with Crippen LogP contribution in [0, 0.1) is 5.92 Å². The first-order valence-electron chi connectivity index (χ1n) is 5.32. The van der Waals surface area contributed by atoms with Gasteiger partial charge in [0.05, 0.1) is 0 Å². The first-order valence-corrected chi connectivity index (χ1v) is 6.85. The SMILES string of the molecule is CC1CNC(c2ccc(Cl)cc2)CSC1. The Morgan fingerprint density at radius 1 is 1.27 bits per heavy atom. The summed E-state index contributed by atoms with van der Waals surface area (Å²) in [5, 5.41) is 4.42. The van der Waals surface area contributed by atoms with E-state index in [0.717, 1.165) is 23.2 Å². The Kier molecular flexibility index (Phi) is 3.95. The van der Waals surface area contributed by atoms with E-state index in [0.29, 0.717) is 6.04 Å². The van der Waals surface area contributed by atoms with Crippen LogP contribution < -0.4 is 5.32 Å². The highest BCUT2D eigenvalue weighted by Gasteiger charge is 2.16. The fourth-order valence-electron chi connectivity index (χ4n) is 1.76. The van der Waals surface area contributed by atoms with Gasteiger partial charge in [0.25, 0.3) is 0 Å². The van der Waals surface area contributed by atoms with E-state index in [9.17, 15) is 0 Å². The molecule has 1 aliphatic rings. The van der Waals surface area contributed by atoms with Gasteiger partial charge in [0.15, 0.2) is 0 Å². The fraction of sp³-hybridized carbons (Fsp3) is 0.500. The van der Waals surface area contributed by atoms with E-state index in [1.807, 2.05) is 23.9 Å². The molecule has 2 rings (SSSR count). The van der Waals surface area contributed by atoms with Crippen molar-refractivity contribution in [1.82, 2.24) is 5.32 Å². The molecular formula is C12H16ClNS. The Morgan fingerprint density at radius 2 is 2.00 bits per heavy atom. The normalized spacial score (nSPS) is 27.3. The number of rotatable bonds is 1. The molecule has 1 aromatic rings. The Hall–Kier alpha value is -0.180. The van der Waals surface area contributed by atoms with Gasteiger partial charge in [-0.3, -0.25) is 0 Å². The van der Waals surface area contributed by atoms with Crippen LogP contribution in [0.5, 0.6) is 0 Å². The molecule has 0 amide bonds. The number of nitrogens with one attached hydrogen (secondary N) is 1. The second kappa shape index (κ2) is 5.24. The van der Waals surface area contributed by atoms with Crippen molar-refractivity contribution in [3.63, 3.8) is 0 Å². The molecule has 82 valence electrons. The van der Waals surface area contributed by atoms with Crippen molar-refractivity contribution in [2.24, 2.45) is 5.92 Å². The van der Waals surface area contributed by atoms with Crippen LogP contribution in [-0.2, 0) is 0 Å². The summed E-state index contributed by atoms with van der Waals surface area (Å²) in [6, 6.07) is 8.67. The van der Waals surface area contributed by atoms with Crippen LogP contribution in [0.3, 0.4) is 0 Å². The predicted molar refractivity (Wildman–Crippen MR) is 68.7 cm³/mol. The van der Waals surface area contributed by atoms with Crippen molar-refractivity contribution in [2.45, 2.75) is 13.0 Å². The summed E-state index contributed by atoms with van der Waals surface area (Å²) >= 11 is 7.92. The fourth-order valence-corrected chi connectivity index (χ4v) is 3.09. The standard InChI is InChI=1S/C12H16ClNS/c1-9-6-14-12(8-15-7-9)10-2-4-11(13)5-3-10/h2-5,9,12,14H,6-8H2,1H3. The lowest BCUT2D eigenvalue weighted by molar-refractivity contribution is 0.517. The van der Waals surface area contributed by atoms with E-state index >= 15 is 0 Å². The molecule has 1 nitrogen and oxygen atoms in total. The van der Waals surface area contributed by atoms with Gasteiger partial charge >= 0.3 is 0 Å². The van der Waals surface area contributed by atoms with Crippen molar-refractivity contribution in [2.75, 3.05) is 18.1 Å². The molecule has 15 heavy (non-hydrogen) atoms. The maximum Gasteiger partial charge on any atom is 0.0411 e. The van der Waals surface area contributed by atoms with Crippen LogP contribution in [0.2, 0.25) is 5.02 Å². The topological polar surface area (TPSA) is 12.0 Å². The van der Waals surface area contributed by atoms with Gasteiger partial charge in [-0.2, -0.15) is 11.8 Å². The summed E-state index contributed by atoms with van der Waals surface area (Å²) in [5.74, 6) is 3.19. The molecule has 0 spiro atoms. The quantitative estimate of drug-likeness (QED) is 0.809. The number of thioether (sulfide) groups is 1. The zero-order chi connectivity index (χ0) is 10.7. The summed E-state index contributed by atoms with van der Waals surface area (Å²) in [6.07, 6.45) is 0. The zero-order valence-electron chi connectivity index (χ0n) is 8.87. The number of hydrogen-bond donors (Lipinski definition) is 1. The molecule has 2 unspecified atom stereocenters. The van der Waals surface area contributed by atoms with Crippen molar-refractivity contribution in [3.05, 3.63) is 34.9 Å². The second-order valence-corrected chi connectivity index (χ2v) is 5.67. The summed E-state index contributed by atoms with van der Waals surface area (Å²) < 4.78 is 0. The number of benzene rings is 1. The van der Waals surface area contributed by atoms with E-state index in [-0.39, 0.29) is 0 Å². The molecule has 0 saturated carbocycles. The van der Waals surface area contributed by atoms with Crippen molar-refractivity contribution in [3.8, 4) is 0 Å². The highest BCUT2D eigenvalue weighted by molar-refractivity contribution is 7.99. The summed E-state index contributed by atoms with van der Waals surface area (Å²) in [5.41, 5.74) is 1.35. The van der Waals surface area contributed by atoms with Gasteiger partial charge in [-0.15, -0.1) is 0 Å². The minimum absolute atomic E-state index is 0.484. The van der Waals surface area contributed by atoms with E-state index in [1.165, 1.54) is 11.3 Å². The number of halogens is 1. The molecule has 0 bridgehead atoms. The predicted octanol–water partition coefficient (Wildman–Crippen LogP) is 3.35. The van der Waals surface area contributed by atoms with Gasteiger partial charge in [0, 0.05) is 16.8 Å². The van der Waals surface area contributed by atoms with Gasteiger partial charge in [-0.1, -0.05) is 30.7 Å². The van der Waals surface area contributed by atoms with Crippen molar-refractivity contribution in [1.29, 1.82) is 0 Å². The molecule has 0 radical (unpaired) electrons. The van der Waals surface area contributed by atoms with Crippen molar-refractivity contribution < 1.29 is 0 Å². The Balaban J connectivity index is 2.06. The third-order valence-electron chi connectivity index (χ3n) is 2.67. The average Bonchev–Trinajstić information content (AvgIpc) is 2.44. The maximum absolute atomic E-state index is 5.88. The monoisotopic (exact) mass is 241 g/mol. The lowest BCUT2D eigenvalue weighted by Gasteiger charge is -2.16. The third kappa shape index (κ3) is 3.13. The Labute approximate surface area is 101 Å². The lowest BCUT2D eigenvalue weighted by Crippen LogP contribution is -2.25. The number of hydrogen-bond acceptors (Lipinski definition) is 2. The molecular weight excluding hydrogens is 226 g/mol. The highest BCUT2D eigenvalue weighted by atomic mass is 35.5. The summed E-state index contributed by atoms with van der Waals surface area (Å²) in [6.45, 7) is 3.41. The summed E-state index contributed by atoms with van der Waals surface area (Å²) in [4.78, 5) is 0. The van der Waals surface area contributed by atoms with Crippen LogP contribution in [-0.4, -0.2) is 18.1 Å². The molecule has 1 saturated heterocycles. The van der Waals surface area contributed by atoms with Crippen LogP contribution in [0.25, 0.3) is 0 Å². The van der Waals surface area contributed by atoms with Gasteiger partial charge < -0.3 is 5.32 Å². The average molecular weight is 242 g/mol. The molecule has 1 heterocycles. The minimum atomic E-state index is 0.484.